The van der Waals surface area contributed by atoms with Crippen LogP contribution in [0, 0.1) is 0 Å². The molecule has 106 valence electrons. The van der Waals surface area contributed by atoms with Crippen molar-refractivity contribution in [3.05, 3.63) is 59.1 Å². The van der Waals surface area contributed by atoms with Crippen LogP contribution in [0.25, 0.3) is 0 Å². The summed E-state index contributed by atoms with van der Waals surface area (Å²) >= 11 is 6.07. The van der Waals surface area contributed by atoms with E-state index in [0.29, 0.717) is 12.2 Å². The molecule has 4 nitrogen and oxygen atoms in total. The molecule has 2 aromatic rings. The number of sulfonamides is 1. The Balaban J connectivity index is 1.99. The summed E-state index contributed by atoms with van der Waals surface area (Å²) < 4.78 is 24.6. The molecule has 2 N–H and O–H groups in total. The number of halogens is 1. The summed E-state index contributed by atoms with van der Waals surface area (Å²) in [6, 6.07) is 14.6. The van der Waals surface area contributed by atoms with E-state index in [1.165, 1.54) is 0 Å². The number of nitrogens with one attached hydrogen (secondary N) is 2. The van der Waals surface area contributed by atoms with E-state index in [9.17, 15) is 8.42 Å². The van der Waals surface area contributed by atoms with Crippen LogP contribution in [-0.2, 0) is 16.6 Å². The SMILES string of the molecule is CS(=O)(=O)Nc1ccc(NCc2ccccc2Cl)cc1. The van der Waals surface area contributed by atoms with Crippen molar-refractivity contribution in [3.8, 4) is 0 Å². The molecule has 0 aliphatic heterocycles. The highest BCUT2D eigenvalue weighted by Gasteiger charge is 2.02. The van der Waals surface area contributed by atoms with Gasteiger partial charge in [0.2, 0.25) is 10.0 Å². The number of hydrogen-bond donors (Lipinski definition) is 2. The Morgan fingerprint density at radius 1 is 1.00 bits per heavy atom. The zero-order valence-electron chi connectivity index (χ0n) is 10.9. The van der Waals surface area contributed by atoms with Crippen molar-refractivity contribution in [3.63, 3.8) is 0 Å². The molecule has 0 fully saturated rings. The van der Waals surface area contributed by atoms with Crippen LogP contribution in [0.15, 0.2) is 48.5 Å². The average Bonchev–Trinajstić information content (AvgIpc) is 2.38. The topological polar surface area (TPSA) is 58.2 Å². The summed E-state index contributed by atoms with van der Waals surface area (Å²) in [5, 5.41) is 3.95. The molecular weight excluding hydrogens is 296 g/mol. The molecule has 0 aliphatic carbocycles. The summed E-state index contributed by atoms with van der Waals surface area (Å²) in [6.45, 7) is 0.610. The molecule has 0 unspecified atom stereocenters. The average molecular weight is 311 g/mol. The predicted octanol–water partition coefficient (Wildman–Crippen LogP) is 3.32. The summed E-state index contributed by atoms with van der Waals surface area (Å²) in [6.07, 6.45) is 1.12. The second-order valence-corrected chi connectivity index (χ2v) is 6.55. The molecule has 2 aromatic carbocycles. The lowest BCUT2D eigenvalue weighted by Crippen LogP contribution is -2.09. The van der Waals surface area contributed by atoms with Crippen molar-refractivity contribution >= 4 is 33.0 Å². The van der Waals surface area contributed by atoms with E-state index in [1.807, 2.05) is 36.4 Å². The van der Waals surface area contributed by atoms with E-state index >= 15 is 0 Å². The van der Waals surface area contributed by atoms with E-state index < -0.39 is 10.0 Å². The van der Waals surface area contributed by atoms with Crippen LogP contribution in [0.4, 0.5) is 11.4 Å². The fourth-order valence-electron chi connectivity index (χ4n) is 1.71. The maximum Gasteiger partial charge on any atom is 0.229 e. The molecular formula is C14H15ClN2O2S. The molecule has 0 radical (unpaired) electrons. The molecule has 6 heteroatoms. The molecule has 20 heavy (non-hydrogen) atoms. The zero-order chi connectivity index (χ0) is 14.6. The largest absolute Gasteiger partial charge is 0.381 e. The summed E-state index contributed by atoms with van der Waals surface area (Å²) in [5.41, 5.74) is 2.44. The Labute approximate surface area is 123 Å². The highest BCUT2D eigenvalue weighted by molar-refractivity contribution is 7.92. The molecule has 0 saturated carbocycles. The first-order valence-electron chi connectivity index (χ1n) is 5.99. The van der Waals surface area contributed by atoms with Crippen molar-refractivity contribution < 1.29 is 8.42 Å². The molecule has 0 atom stereocenters. The third-order valence-corrected chi connectivity index (χ3v) is 3.60. The van der Waals surface area contributed by atoms with Gasteiger partial charge in [-0.25, -0.2) is 8.42 Å². The summed E-state index contributed by atoms with van der Waals surface area (Å²) in [4.78, 5) is 0. The Hall–Kier alpha value is -1.72. The van der Waals surface area contributed by atoms with E-state index in [1.54, 1.807) is 12.1 Å². The van der Waals surface area contributed by atoms with Gasteiger partial charge < -0.3 is 5.32 Å². The maximum atomic E-state index is 11.1. The Kier molecular flexibility index (Phi) is 4.52. The monoisotopic (exact) mass is 310 g/mol. The van der Waals surface area contributed by atoms with Crippen LogP contribution in [0.5, 0.6) is 0 Å². The first-order chi connectivity index (χ1) is 9.44. The van der Waals surface area contributed by atoms with E-state index in [4.69, 9.17) is 11.6 Å². The Bertz CT molecular complexity index is 685. The van der Waals surface area contributed by atoms with Gasteiger partial charge in [-0.3, -0.25) is 4.72 Å². The van der Waals surface area contributed by atoms with Gasteiger partial charge in [0.05, 0.1) is 6.26 Å². The van der Waals surface area contributed by atoms with Crippen LogP contribution in [0.1, 0.15) is 5.56 Å². The standard InChI is InChI=1S/C14H15ClN2O2S/c1-20(18,19)17-13-8-6-12(7-9-13)16-10-11-4-2-3-5-14(11)15/h2-9,16-17H,10H2,1H3. The van der Waals surface area contributed by atoms with Crippen LogP contribution in [0.3, 0.4) is 0 Å². The Morgan fingerprint density at radius 3 is 2.20 bits per heavy atom. The van der Waals surface area contributed by atoms with Crippen LogP contribution in [-0.4, -0.2) is 14.7 Å². The lowest BCUT2D eigenvalue weighted by Gasteiger charge is -2.09. The molecule has 0 spiro atoms. The molecule has 2 rings (SSSR count). The van der Waals surface area contributed by atoms with Gasteiger partial charge in [0.25, 0.3) is 0 Å². The molecule has 0 aliphatic rings. The molecule has 0 aromatic heterocycles. The Morgan fingerprint density at radius 2 is 1.60 bits per heavy atom. The normalized spacial score (nSPS) is 11.1. The van der Waals surface area contributed by atoms with Crippen molar-refractivity contribution in [1.82, 2.24) is 0 Å². The first-order valence-corrected chi connectivity index (χ1v) is 8.26. The molecule has 0 amide bonds. The lowest BCUT2D eigenvalue weighted by molar-refractivity contribution is 0.607. The van der Waals surface area contributed by atoms with Crippen LogP contribution >= 0.6 is 11.6 Å². The van der Waals surface area contributed by atoms with Gasteiger partial charge in [0.1, 0.15) is 0 Å². The smallest absolute Gasteiger partial charge is 0.229 e. The van der Waals surface area contributed by atoms with Crippen molar-refractivity contribution in [2.24, 2.45) is 0 Å². The fraction of sp³-hybridized carbons (Fsp3) is 0.143. The first kappa shape index (κ1) is 14.7. The predicted molar refractivity (Wildman–Crippen MR) is 83.7 cm³/mol. The highest BCUT2D eigenvalue weighted by atomic mass is 35.5. The van der Waals surface area contributed by atoms with Gasteiger partial charge >= 0.3 is 0 Å². The van der Waals surface area contributed by atoms with Crippen molar-refractivity contribution in [1.29, 1.82) is 0 Å². The quantitative estimate of drug-likeness (QED) is 0.890. The van der Waals surface area contributed by atoms with Crippen LogP contribution in [0.2, 0.25) is 5.02 Å². The minimum atomic E-state index is -3.24. The van der Waals surface area contributed by atoms with Crippen molar-refractivity contribution in [2.45, 2.75) is 6.54 Å². The lowest BCUT2D eigenvalue weighted by atomic mass is 10.2. The van der Waals surface area contributed by atoms with Gasteiger partial charge in [-0.1, -0.05) is 29.8 Å². The summed E-state index contributed by atoms with van der Waals surface area (Å²) in [5.74, 6) is 0. The van der Waals surface area contributed by atoms with E-state index in [0.717, 1.165) is 22.5 Å². The summed E-state index contributed by atoms with van der Waals surface area (Å²) in [7, 11) is -3.24. The minimum Gasteiger partial charge on any atom is -0.381 e. The second-order valence-electron chi connectivity index (χ2n) is 4.40. The van der Waals surface area contributed by atoms with Gasteiger partial charge in [0, 0.05) is 22.9 Å². The molecule has 0 heterocycles. The number of rotatable bonds is 5. The van der Waals surface area contributed by atoms with Gasteiger partial charge in [-0.2, -0.15) is 0 Å². The van der Waals surface area contributed by atoms with Gasteiger partial charge in [-0.15, -0.1) is 0 Å². The number of benzene rings is 2. The maximum absolute atomic E-state index is 11.1. The third-order valence-electron chi connectivity index (χ3n) is 2.63. The van der Waals surface area contributed by atoms with E-state index in [2.05, 4.69) is 10.0 Å². The highest BCUT2D eigenvalue weighted by Crippen LogP contribution is 2.18. The second kappa shape index (κ2) is 6.15. The van der Waals surface area contributed by atoms with Crippen molar-refractivity contribution in [2.75, 3.05) is 16.3 Å². The zero-order valence-corrected chi connectivity index (χ0v) is 12.5. The fourth-order valence-corrected chi connectivity index (χ4v) is 2.48. The van der Waals surface area contributed by atoms with Crippen LogP contribution < -0.4 is 10.0 Å². The van der Waals surface area contributed by atoms with E-state index in [-0.39, 0.29) is 0 Å². The number of hydrogen-bond acceptors (Lipinski definition) is 3. The number of anilines is 2. The van der Waals surface area contributed by atoms with Gasteiger partial charge in [0.15, 0.2) is 0 Å². The minimum absolute atomic E-state index is 0.538. The molecule has 0 bridgehead atoms. The van der Waals surface area contributed by atoms with Gasteiger partial charge in [-0.05, 0) is 35.9 Å². The molecule has 0 saturated heterocycles. The third kappa shape index (κ3) is 4.43.